The van der Waals surface area contributed by atoms with Crippen LogP contribution in [0.15, 0.2) is 34.8 Å². The number of benzene rings is 1. The largest absolute Gasteiger partial charge is 0.478 e. The van der Waals surface area contributed by atoms with E-state index in [2.05, 4.69) is 27.8 Å². The second-order valence-electron chi connectivity index (χ2n) is 5.63. The van der Waals surface area contributed by atoms with E-state index in [4.69, 9.17) is 0 Å². The maximum absolute atomic E-state index is 11.6. The molecular formula is C18H20BrNO2. The number of aryl methyl sites for hydroxylation is 1. The van der Waals surface area contributed by atoms with Gasteiger partial charge in [0, 0.05) is 15.7 Å². The predicted molar refractivity (Wildman–Crippen MR) is 92.4 cm³/mol. The molecular weight excluding hydrogens is 342 g/mol. The molecule has 0 amide bonds. The summed E-state index contributed by atoms with van der Waals surface area (Å²) in [6, 6.07) is 9.67. The summed E-state index contributed by atoms with van der Waals surface area (Å²) in [6.45, 7) is 6.06. The lowest BCUT2D eigenvalue weighted by Crippen LogP contribution is -2.10. The lowest BCUT2D eigenvalue weighted by molar-refractivity contribution is 0.0694. The fraction of sp³-hybridized carbons (Fsp3) is 0.333. The highest BCUT2D eigenvalue weighted by Crippen LogP contribution is 2.29. The van der Waals surface area contributed by atoms with Gasteiger partial charge in [-0.05, 0) is 36.1 Å². The van der Waals surface area contributed by atoms with Gasteiger partial charge in [-0.25, -0.2) is 4.79 Å². The number of carboxylic acid groups (broad SMARTS) is 1. The summed E-state index contributed by atoms with van der Waals surface area (Å²) >= 11 is 3.43. The van der Waals surface area contributed by atoms with Gasteiger partial charge in [0.05, 0.1) is 11.3 Å². The Bertz CT molecular complexity index is 678. The minimum Gasteiger partial charge on any atom is -0.478 e. The molecule has 0 bridgehead atoms. The smallest absolute Gasteiger partial charge is 0.337 e. The molecule has 2 aromatic rings. The lowest BCUT2D eigenvalue weighted by Gasteiger charge is -2.15. The minimum atomic E-state index is -0.919. The van der Waals surface area contributed by atoms with Crippen LogP contribution in [0.25, 0.3) is 11.1 Å². The molecule has 2 rings (SSSR count). The molecule has 4 heteroatoms. The van der Waals surface area contributed by atoms with Gasteiger partial charge in [0.2, 0.25) is 0 Å². The molecule has 1 aromatic carbocycles. The monoisotopic (exact) mass is 361 g/mol. The Balaban J connectivity index is 2.67. The number of aromatic carboxylic acids is 1. The zero-order chi connectivity index (χ0) is 16.3. The van der Waals surface area contributed by atoms with Gasteiger partial charge in [0.25, 0.3) is 0 Å². The third-order valence-electron chi connectivity index (χ3n) is 3.55. The van der Waals surface area contributed by atoms with E-state index < -0.39 is 5.97 Å². The molecule has 0 atom stereocenters. The van der Waals surface area contributed by atoms with Crippen molar-refractivity contribution in [2.45, 2.75) is 39.5 Å². The fourth-order valence-electron chi connectivity index (χ4n) is 2.49. The summed E-state index contributed by atoms with van der Waals surface area (Å²) < 4.78 is 0.999. The Labute approximate surface area is 139 Å². The molecule has 0 spiro atoms. The van der Waals surface area contributed by atoms with E-state index in [9.17, 15) is 9.90 Å². The highest BCUT2D eigenvalue weighted by molar-refractivity contribution is 9.10. The van der Waals surface area contributed by atoms with Gasteiger partial charge < -0.3 is 5.11 Å². The molecule has 3 nitrogen and oxygen atoms in total. The SMILES string of the molecule is CCCc1nc(C(C)C)c(C(=O)O)cc1-c1ccc(Br)cc1. The van der Waals surface area contributed by atoms with E-state index in [1.807, 2.05) is 38.1 Å². The van der Waals surface area contributed by atoms with Gasteiger partial charge in [-0.2, -0.15) is 0 Å². The van der Waals surface area contributed by atoms with Gasteiger partial charge >= 0.3 is 5.97 Å². The van der Waals surface area contributed by atoms with Crippen LogP contribution in [0.5, 0.6) is 0 Å². The van der Waals surface area contributed by atoms with Gasteiger partial charge in [-0.1, -0.05) is 55.3 Å². The lowest BCUT2D eigenvalue weighted by atomic mass is 9.95. The average Bonchev–Trinajstić information content (AvgIpc) is 2.48. The second-order valence-corrected chi connectivity index (χ2v) is 6.55. The van der Waals surface area contributed by atoms with Crippen molar-refractivity contribution >= 4 is 21.9 Å². The van der Waals surface area contributed by atoms with Crippen LogP contribution in [0.3, 0.4) is 0 Å². The van der Waals surface area contributed by atoms with Crippen molar-refractivity contribution in [2.24, 2.45) is 0 Å². The molecule has 116 valence electrons. The van der Waals surface area contributed by atoms with Gasteiger partial charge in [-0.3, -0.25) is 4.98 Å². The van der Waals surface area contributed by atoms with Crippen LogP contribution in [-0.4, -0.2) is 16.1 Å². The molecule has 0 radical (unpaired) electrons. The topological polar surface area (TPSA) is 50.2 Å². The zero-order valence-electron chi connectivity index (χ0n) is 13.1. The summed E-state index contributed by atoms with van der Waals surface area (Å²) in [5.41, 5.74) is 3.84. The van der Waals surface area contributed by atoms with Crippen molar-refractivity contribution in [3.63, 3.8) is 0 Å². The van der Waals surface area contributed by atoms with Crippen molar-refractivity contribution < 1.29 is 9.90 Å². The molecule has 0 saturated carbocycles. The maximum Gasteiger partial charge on any atom is 0.337 e. The van der Waals surface area contributed by atoms with Crippen LogP contribution in [0.4, 0.5) is 0 Å². The van der Waals surface area contributed by atoms with Crippen LogP contribution >= 0.6 is 15.9 Å². The molecule has 0 aliphatic rings. The van der Waals surface area contributed by atoms with Gasteiger partial charge in [0.15, 0.2) is 0 Å². The van der Waals surface area contributed by atoms with Crippen molar-refractivity contribution in [1.82, 2.24) is 4.98 Å². The minimum absolute atomic E-state index is 0.0840. The molecule has 0 unspecified atom stereocenters. The van der Waals surface area contributed by atoms with Crippen LogP contribution in [0, 0.1) is 0 Å². The van der Waals surface area contributed by atoms with Gasteiger partial charge in [0.1, 0.15) is 0 Å². The summed E-state index contributed by atoms with van der Waals surface area (Å²) in [5.74, 6) is -0.835. The van der Waals surface area contributed by atoms with Crippen LogP contribution in [0.1, 0.15) is 54.9 Å². The maximum atomic E-state index is 11.6. The van der Waals surface area contributed by atoms with Crippen molar-refractivity contribution in [3.8, 4) is 11.1 Å². The van der Waals surface area contributed by atoms with E-state index in [1.54, 1.807) is 6.07 Å². The molecule has 0 aliphatic carbocycles. The number of pyridine rings is 1. The predicted octanol–water partition coefficient (Wildman–Crippen LogP) is 5.29. The Hall–Kier alpha value is -1.68. The molecule has 1 N–H and O–H groups in total. The standard InChI is InChI=1S/C18H20BrNO2/c1-4-5-16-14(12-6-8-13(19)9-7-12)10-15(18(21)22)17(20-16)11(2)3/h6-11H,4-5H2,1-3H3,(H,21,22). The Kier molecular flexibility index (Phi) is 5.35. The number of rotatable bonds is 5. The third kappa shape index (κ3) is 3.55. The van der Waals surface area contributed by atoms with Crippen LogP contribution < -0.4 is 0 Å². The normalized spacial score (nSPS) is 11.0. The fourth-order valence-corrected chi connectivity index (χ4v) is 2.75. The molecule has 22 heavy (non-hydrogen) atoms. The Morgan fingerprint density at radius 2 is 1.91 bits per heavy atom. The molecule has 0 aliphatic heterocycles. The molecule has 1 aromatic heterocycles. The number of hydrogen-bond donors (Lipinski definition) is 1. The molecule has 0 fully saturated rings. The quantitative estimate of drug-likeness (QED) is 0.787. The Morgan fingerprint density at radius 3 is 2.41 bits per heavy atom. The van der Waals surface area contributed by atoms with E-state index in [0.29, 0.717) is 11.3 Å². The molecule has 1 heterocycles. The average molecular weight is 362 g/mol. The highest BCUT2D eigenvalue weighted by Gasteiger charge is 2.19. The number of halogens is 1. The summed E-state index contributed by atoms with van der Waals surface area (Å²) in [6.07, 6.45) is 1.81. The van der Waals surface area contributed by atoms with Crippen LogP contribution in [-0.2, 0) is 6.42 Å². The van der Waals surface area contributed by atoms with Crippen molar-refractivity contribution in [1.29, 1.82) is 0 Å². The number of nitrogens with zero attached hydrogens (tertiary/aromatic N) is 1. The number of hydrogen-bond acceptors (Lipinski definition) is 2. The van der Waals surface area contributed by atoms with Crippen molar-refractivity contribution in [3.05, 3.63) is 51.8 Å². The van der Waals surface area contributed by atoms with E-state index in [0.717, 1.165) is 34.1 Å². The van der Waals surface area contributed by atoms with Crippen LogP contribution in [0.2, 0.25) is 0 Å². The first-order valence-electron chi connectivity index (χ1n) is 7.47. The summed E-state index contributed by atoms with van der Waals surface area (Å²) in [7, 11) is 0. The first-order chi connectivity index (χ1) is 10.4. The summed E-state index contributed by atoms with van der Waals surface area (Å²) in [5, 5.41) is 9.50. The zero-order valence-corrected chi connectivity index (χ0v) is 14.6. The highest BCUT2D eigenvalue weighted by atomic mass is 79.9. The number of aromatic nitrogens is 1. The first-order valence-corrected chi connectivity index (χ1v) is 8.26. The van der Waals surface area contributed by atoms with E-state index in [-0.39, 0.29) is 5.92 Å². The number of carboxylic acids is 1. The van der Waals surface area contributed by atoms with E-state index >= 15 is 0 Å². The first kappa shape index (κ1) is 16.7. The van der Waals surface area contributed by atoms with E-state index in [1.165, 1.54) is 0 Å². The third-order valence-corrected chi connectivity index (χ3v) is 4.08. The van der Waals surface area contributed by atoms with Crippen molar-refractivity contribution in [2.75, 3.05) is 0 Å². The molecule has 0 saturated heterocycles. The van der Waals surface area contributed by atoms with Gasteiger partial charge in [-0.15, -0.1) is 0 Å². The summed E-state index contributed by atoms with van der Waals surface area (Å²) in [4.78, 5) is 16.3. The number of carbonyl (C=O) groups is 1. The Morgan fingerprint density at radius 1 is 1.27 bits per heavy atom. The second kappa shape index (κ2) is 7.05.